The number of nitrogens with two attached hydrogens (primary N) is 2. The molecule has 1 atom stereocenters. The van der Waals surface area contributed by atoms with E-state index in [2.05, 4.69) is 4.98 Å². The van der Waals surface area contributed by atoms with E-state index in [4.69, 9.17) is 11.5 Å². The Hall–Kier alpha value is -1.59. The Morgan fingerprint density at radius 1 is 1.22 bits per heavy atom. The van der Waals surface area contributed by atoms with Crippen molar-refractivity contribution in [1.29, 1.82) is 0 Å². The first-order chi connectivity index (χ1) is 8.66. The highest BCUT2D eigenvalue weighted by Gasteiger charge is 2.10. The zero-order valence-electron chi connectivity index (χ0n) is 9.71. The molecule has 5 heteroatoms. The van der Waals surface area contributed by atoms with E-state index in [1.165, 1.54) is 12.1 Å². The van der Waals surface area contributed by atoms with Crippen molar-refractivity contribution in [3.63, 3.8) is 0 Å². The van der Waals surface area contributed by atoms with Crippen molar-refractivity contribution >= 4 is 17.6 Å². The van der Waals surface area contributed by atoms with Crippen molar-refractivity contribution in [2.75, 3.05) is 11.5 Å². The van der Waals surface area contributed by atoms with Crippen molar-refractivity contribution in [2.24, 2.45) is 5.73 Å². The summed E-state index contributed by atoms with van der Waals surface area (Å²) in [6.07, 6.45) is 1.64. The molecule has 2 aromatic rings. The summed E-state index contributed by atoms with van der Waals surface area (Å²) in [5, 5.41) is 0. The van der Waals surface area contributed by atoms with Crippen LogP contribution in [0.15, 0.2) is 47.5 Å². The van der Waals surface area contributed by atoms with E-state index in [0.717, 1.165) is 10.5 Å². The van der Waals surface area contributed by atoms with E-state index in [-0.39, 0.29) is 11.9 Å². The second kappa shape index (κ2) is 5.84. The quantitative estimate of drug-likeness (QED) is 0.832. The zero-order valence-corrected chi connectivity index (χ0v) is 10.5. The van der Waals surface area contributed by atoms with Gasteiger partial charge in [0.2, 0.25) is 0 Å². The summed E-state index contributed by atoms with van der Waals surface area (Å²) in [4.78, 5) is 4.99. The molecule has 0 aliphatic rings. The third-order valence-electron chi connectivity index (χ3n) is 2.51. The summed E-state index contributed by atoms with van der Waals surface area (Å²) >= 11 is 1.57. The fourth-order valence-electron chi connectivity index (χ4n) is 1.55. The Kier molecular flexibility index (Phi) is 4.17. The van der Waals surface area contributed by atoms with Crippen LogP contribution in [-0.2, 0) is 0 Å². The molecule has 0 bridgehead atoms. The summed E-state index contributed by atoms with van der Waals surface area (Å²) < 4.78 is 12.7. The Balaban J connectivity index is 1.98. The van der Waals surface area contributed by atoms with Gasteiger partial charge in [-0.2, -0.15) is 0 Å². The molecule has 0 aliphatic heterocycles. The van der Waals surface area contributed by atoms with E-state index in [9.17, 15) is 4.39 Å². The molecule has 0 spiro atoms. The second-order valence-electron chi connectivity index (χ2n) is 3.85. The summed E-state index contributed by atoms with van der Waals surface area (Å²) in [7, 11) is 0. The predicted octanol–water partition coefficient (Wildman–Crippen LogP) is 2.60. The third-order valence-corrected chi connectivity index (χ3v) is 3.65. The largest absolute Gasteiger partial charge is 0.383 e. The van der Waals surface area contributed by atoms with Gasteiger partial charge in [0.1, 0.15) is 11.6 Å². The highest BCUT2D eigenvalue weighted by molar-refractivity contribution is 7.99. The minimum Gasteiger partial charge on any atom is -0.383 e. The molecule has 0 radical (unpaired) electrons. The molecule has 2 rings (SSSR count). The molecule has 0 aliphatic carbocycles. The lowest BCUT2D eigenvalue weighted by Gasteiger charge is -2.13. The molecule has 0 amide bonds. The highest BCUT2D eigenvalue weighted by Crippen LogP contribution is 2.25. The lowest BCUT2D eigenvalue weighted by Crippen LogP contribution is -2.15. The number of thioether (sulfide) groups is 1. The standard InChI is InChI=1S/C13H14FN3S/c14-9-3-5-10(6-4-9)18-8-12(15)11-2-1-7-17-13(11)16/h1-7,12H,8,15H2,(H2,16,17). The van der Waals surface area contributed by atoms with E-state index in [1.54, 1.807) is 30.1 Å². The van der Waals surface area contributed by atoms with Gasteiger partial charge in [-0.05, 0) is 30.3 Å². The van der Waals surface area contributed by atoms with E-state index in [1.807, 2.05) is 12.1 Å². The number of rotatable bonds is 4. The first kappa shape index (κ1) is 12.9. The van der Waals surface area contributed by atoms with Gasteiger partial charge in [-0.15, -0.1) is 11.8 Å². The summed E-state index contributed by atoms with van der Waals surface area (Å²) in [5.74, 6) is 0.895. The van der Waals surface area contributed by atoms with E-state index >= 15 is 0 Å². The Morgan fingerprint density at radius 3 is 2.61 bits per heavy atom. The van der Waals surface area contributed by atoms with Gasteiger partial charge < -0.3 is 11.5 Å². The Labute approximate surface area is 109 Å². The minimum atomic E-state index is -0.236. The molecule has 1 aromatic carbocycles. The van der Waals surface area contributed by atoms with Crippen LogP contribution in [0, 0.1) is 5.82 Å². The summed E-state index contributed by atoms with van der Waals surface area (Å²) in [6.45, 7) is 0. The number of nitrogens with zero attached hydrogens (tertiary/aromatic N) is 1. The molecule has 0 saturated carbocycles. The van der Waals surface area contributed by atoms with E-state index in [0.29, 0.717) is 11.6 Å². The summed E-state index contributed by atoms with van der Waals surface area (Å²) in [5.41, 5.74) is 12.7. The molecule has 3 nitrogen and oxygen atoms in total. The van der Waals surface area contributed by atoms with Crippen LogP contribution in [0.1, 0.15) is 11.6 Å². The smallest absolute Gasteiger partial charge is 0.128 e. The van der Waals surface area contributed by atoms with Crippen LogP contribution in [0.4, 0.5) is 10.2 Å². The van der Waals surface area contributed by atoms with Gasteiger partial charge in [0, 0.05) is 28.5 Å². The van der Waals surface area contributed by atoms with Crippen molar-refractivity contribution in [2.45, 2.75) is 10.9 Å². The van der Waals surface area contributed by atoms with Crippen LogP contribution in [-0.4, -0.2) is 10.7 Å². The fourth-order valence-corrected chi connectivity index (χ4v) is 2.43. The van der Waals surface area contributed by atoms with Gasteiger partial charge in [-0.3, -0.25) is 0 Å². The van der Waals surface area contributed by atoms with Crippen molar-refractivity contribution in [1.82, 2.24) is 4.98 Å². The molecule has 0 fully saturated rings. The predicted molar refractivity (Wildman–Crippen MR) is 72.7 cm³/mol. The molecule has 0 saturated heterocycles. The highest BCUT2D eigenvalue weighted by atomic mass is 32.2. The molecule has 4 N–H and O–H groups in total. The zero-order chi connectivity index (χ0) is 13.0. The number of pyridine rings is 1. The van der Waals surface area contributed by atoms with Gasteiger partial charge in [-0.25, -0.2) is 9.37 Å². The van der Waals surface area contributed by atoms with Gasteiger partial charge >= 0.3 is 0 Å². The number of nitrogen functional groups attached to an aromatic ring is 1. The second-order valence-corrected chi connectivity index (χ2v) is 4.94. The first-order valence-corrected chi connectivity index (χ1v) is 6.49. The Bertz CT molecular complexity index is 516. The average molecular weight is 263 g/mol. The van der Waals surface area contributed by atoms with Gasteiger partial charge in [0.15, 0.2) is 0 Å². The first-order valence-electron chi connectivity index (χ1n) is 5.51. The van der Waals surface area contributed by atoms with Crippen LogP contribution < -0.4 is 11.5 Å². The molecular formula is C13H14FN3S. The maximum absolute atomic E-state index is 12.7. The maximum Gasteiger partial charge on any atom is 0.128 e. The van der Waals surface area contributed by atoms with Gasteiger partial charge in [0.25, 0.3) is 0 Å². The van der Waals surface area contributed by atoms with Crippen LogP contribution in [0.5, 0.6) is 0 Å². The monoisotopic (exact) mass is 263 g/mol. The van der Waals surface area contributed by atoms with Crippen LogP contribution in [0.25, 0.3) is 0 Å². The number of benzene rings is 1. The number of halogens is 1. The minimum absolute atomic E-state index is 0.186. The Morgan fingerprint density at radius 2 is 1.94 bits per heavy atom. The van der Waals surface area contributed by atoms with Crippen molar-refractivity contribution in [3.8, 4) is 0 Å². The normalized spacial score (nSPS) is 12.3. The topological polar surface area (TPSA) is 64.9 Å². The van der Waals surface area contributed by atoms with Crippen molar-refractivity contribution in [3.05, 3.63) is 54.0 Å². The number of anilines is 1. The molecule has 1 heterocycles. The van der Waals surface area contributed by atoms with Gasteiger partial charge in [-0.1, -0.05) is 6.07 Å². The molecule has 1 aromatic heterocycles. The summed E-state index contributed by atoms with van der Waals surface area (Å²) in [6, 6.07) is 9.84. The van der Waals surface area contributed by atoms with E-state index < -0.39 is 0 Å². The average Bonchev–Trinajstić information content (AvgIpc) is 2.38. The van der Waals surface area contributed by atoms with Crippen LogP contribution in [0.3, 0.4) is 0 Å². The van der Waals surface area contributed by atoms with Crippen LogP contribution >= 0.6 is 11.8 Å². The molecule has 94 valence electrons. The van der Waals surface area contributed by atoms with Gasteiger partial charge in [0.05, 0.1) is 0 Å². The lowest BCUT2D eigenvalue weighted by atomic mass is 10.1. The number of aromatic nitrogens is 1. The SMILES string of the molecule is Nc1ncccc1C(N)CSc1ccc(F)cc1. The number of hydrogen-bond acceptors (Lipinski definition) is 4. The fraction of sp³-hybridized carbons (Fsp3) is 0.154. The third kappa shape index (κ3) is 3.21. The van der Waals surface area contributed by atoms with Crippen LogP contribution in [0.2, 0.25) is 0 Å². The lowest BCUT2D eigenvalue weighted by molar-refractivity contribution is 0.626. The maximum atomic E-state index is 12.7. The number of hydrogen-bond donors (Lipinski definition) is 2. The van der Waals surface area contributed by atoms with Crippen molar-refractivity contribution < 1.29 is 4.39 Å². The molecule has 1 unspecified atom stereocenters. The molecular weight excluding hydrogens is 249 g/mol. The molecule has 18 heavy (non-hydrogen) atoms.